The number of rotatable bonds is 6. The van der Waals surface area contributed by atoms with Crippen LogP contribution in [0.1, 0.15) is 35.4 Å². The summed E-state index contributed by atoms with van der Waals surface area (Å²) in [5.41, 5.74) is 16.9. The zero-order chi connectivity index (χ0) is 24.6. The Labute approximate surface area is 204 Å². The van der Waals surface area contributed by atoms with E-state index in [1.165, 1.54) is 0 Å². The SMILES string of the molecule is NCc1ccccc1N1CCC(N)(C(=O)O)CC1C(=O)OCC1c2ccccc2-c2ccccc21. The smallest absolute Gasteiger partial charge is 0.328 e. The van der Waals surface area contributed by atoms with Crippen LogP contribution in [0.15, 0.2) is 72.8 Å². The topological polar surface area (TPSA) is 119 Å². The van der Waals surface area contributed by atoms with Gasteiger partial charge in [0.15, 0.2) is 0 Å². The number of anilines is 1. The monoisotopic (exact) mass is 471 g/mol. The molecule has 1 heterocycles. The number of esters is 1. The van der Waals surface area contributed by atoms with Gasteiger partial charge < -0.3 is 26.2 Å². The molecule has 3 aromatic carbocycles. The average Bonchev–Trinajstić information content (AvgIpc) is 3.21. The third kappa shape index (κ3) is 4.07. The number of aliphatic carboxylic acids is 1. The molecular weight excluding hydrogens is 442 g/mol. The average molecular weight is 472 g/mol. The van der Waals surface area contributed by atoms with Crippen molar-refractivity contribution in [1.29, 1.82) is 0 Å². The molecule has 0 amide bonds. The van der Waals surface area contributed by atoms with Crippen LogP contribution in [-0.2, 0) is 20.9 Å². The zero-order valence-electron chi connectivity index (χ0n) is 19.4. The number of hydrogen-bond acceptors (Lipinski definition) is 6. The lowest BCUT2D eigenvalue weighted by Gasteiger charge is -2.43. The van der Waals surface area contributed by atoms with E-state index in [-0.39, 0.29) is 25.4 Å². The van der Waals surface area contributed by atoms with Gasteiger partial charge in [0.2, 0.25) is 0 Å². The number of carbonyl (C=O) groups is 2. The Bertz CT molecular complexity index is 1230. The van der Waals surface area contributed by atoms with Crippen LogP contribution in [0.25, 0.3) is 11.1 Å². The quantitative estimate of drug-likeness (QED) is 0.472. The number of hydrogen-bond donors (Lipinski definition) is 3. The number of nitrogens with zero attached hydrogens (tertiary/aromatic N) is 1. The second kappa shape index (κ2) is 9.17. The van der Waals surface area contributed by atoms with Crippen molar-refractivity contribution in [3.05, 3.63) is 89.5 Å². The van der Waals surface area contributed by atoms with E-state index in [1.54, 1.807) is 0 Å². The maximum Gasteiger partial charge on any atom is 0.328 e. The van der Waals surface area contributed by atoms with E-state index in [1.807, 2.05) is 53.4 Å². The molecule has 5 rings (SSSR count). The fraction of sp³-hybridized carbons (Fsp3) is 0.286. The number of nitrogens with two attached hydrogens (primary N) is 2. The normalized spacial score (nSPS) is 21.3. The largest absolute Gasteiger partial charge is 0.480 e. The number of piperidine rings is 1. The summed E-state index contributed by atoms with van der Waals surface area (Å²) >= 11 is 0. The van der Waals surface area contributed by atoms with E-state index in [2.05, 4.69) is 24.3 Å². The van der Waals surface area contributed by atoms with Crippen molar-refractivity contribution in [2.75, 3.05) is 18.1 Å². The van der Waals surface area contributed by atoms with Gasteiger partial charge in [-0.3, -0.25) is 4.79 Å². The Hall–Kier alpha value is -3.68. The van der Waals surface area contributed by atoms with E-state index in [4.69, 9.17) is 16.2 Å². The fourth-order valence-corrected chi connectivity index (χ4v) is 5.39. The highest BCUT2D eigenvalue weighted by atomic mass is 16.5. The maximum absolute atomic E-state index is 13.5. The first-order chi connectivity index (χ1) is 16.9. The van der Waals surface area contributed by atoms with Crippen molar-refractivity contribution < 1.29 is 19.4 Å². The molecule has 7 heteroatoms. The molecule has 1 saturated heterocycles. The van der Waals surface area contributed by atoms with Crippen LogP contribution in [0.4, 0.5) is 5.69 Å². The van der Waals surface area contributed by atoms with Crippen molar-refractivity contribution >= 4 is 17.6 Å². The Morgan fingerprint density at radius 1 is 0.971 bits per heavy atom. The highest BCUT2D eigenvalue weighted by Gasteiger charge is 2.46. The van der Waals surface area contributed by atoms with Crippen LogP contribution < -0.4 is 16.4 Å². The number of carboxylic acids is 1. The summed E-state index contributed by atoms with van der Waals surface area (Å²) in [5, 5.41) is 9.76. The molecule has 180 valence electrons. The number of carbonyl (C=O) groups excluding carboxylic acids is 1. The minimum absolute atomic E-state index is 0.0437. The van der Waals surface area contributed by atoms with Crippen LogP contribution in [0.5, 0.6) is 0 Å². The van der Waals surface area contributed by atoms with E-state index >= 15 is 0 Å². The third-order valence-corrected chi connectivity index (χ3v) is 7.31. The van der Waals surface area contributed by atoms with E-state index in [0.717, 1.165) is 33.5 Å². The maximum atomic E-state index is 13.5. The first kappa shape index (κ1) is 23.1. The first-order valence-corrected chi connectivity index (χ1v) is 11.8. The molecule has 7 nitrogen and oxygen atoms in total. The molecule has 2 atom stereocenters. The summed E-state index contributed by atoms with van der Waals surface area (Å²) in [4.78, 5) is 27.4. The fourth-order valence-electron chi connectivity index (χ4n) is 5.39. The number of ether oxygens (including phenoxy) is 1. The molecular formula is C28H29N3O4. The Kier molecular flexibility index (Phi) is 6.05. The van der Waals surface area contributed by atoms with Gasteiger partial charge in [0.05, 0.1) is 0 Å². The molecule has 0 spiro atoms. The summed E-state index contributed by atoms with van der Waals surface area (Å²) in [6.45, 7) is 0.784. The van der Waals surface area contributed by atoms with E-state index in [0.29, 0.717) is 13.1 Å². The van der Waals surface area contributed by atoms with Gasteiger partial charge in [0.1, 0.15) is 18.2 Å². The van der Waals surface area contributed by atoms with Gasteiger partial charge in [0, 0.05) is 31.1 Å². The molecule has 35 heavy (non-hydrogen) atoms. The second-order valence-electron chi connectivity index (χ2n) is 9.31. The molecule has 2 aliphatic rings. The van der Waals surface area contributed by atoms with Crippen LogP contribution in [0.2, 0.25) is 0 Å². The van der Waals surface area contributed by atoms with Gasteiger partial charge in [-0.1, -0.05) is 66.7 Å². The summed E-state index contributed by atoms with van der Waals surface area (Å²) < 4.78 is 5.92. The molecule has 1 aliphatic carbocycles. The van der Waals surface area contributed by atoms with Crippen molar-refractivity contribution in [2.45, 2.75) is 36.9 Å². The third-order valence-electron chi connectivity index (χ3n) is 7.31. The minimum atomic E-state index is -1.50. The van der Waals surface area contributed by atoms with Crippen LogP contribution in [0, 0.1) is 0 Å². The number of para-hydroxylation sites is 1. The lowest BCUT2D eigenvalue weighted by Crippen LogP contribution is -2.61. The molecule has 0 saturated carbocycles. The standard InChI is InChI=1S/C28H29N3O4/c29-16-18-7-1-6-12-24(18)31-14-13-28(30,27(33)34)15-25(31)26(32)35-17-23-21-10-4-2-8-19(21)20-9-3-5-11-22(20)23/h1-12,23,25H,13-17,29-30H2,(H,33,34). The van der Waals surface area contributed by atoms with E-state index in [9.17, 15) is 14.7 Å². The summed E-state index contributed by atoms with van der Waals surface area (Å²) in [6.07, 6.45) is 0.173. The van der Waals surface area contributed by atoms with Gasteiger partial charge >= 0.3 is 11.9 Å². The Morgan fingerprint density at radius 2 is 1.57 bits per heavy atom. The van der Waals surface area contributed by atoms with Gasteiger partial charge in [0.25, 0.3) is 0 Å². The first-order valence-electron chi connectivity index (χ1n) is 11.8. The van der Waals surface area contributed by atoms with Gasteiger partial charge in [-0.05, 0) is 40.3 Å². The Balaban J connectivity index is 1.42. The summed E-state index contributed by atoms with van der Waals surface area (Å²) in [7, 11) is 0. The van der Waals surface area contributed by atoms with Crippen LogP contribution in [-0.4, -0.2) is 41.8 Å². The Morgan fingerprint density at radius 3 is 2.20 bits per heavy atom. The van der Waals surface area contributed by atoms with Crippen molar-refractivity contribution in [3.63, 3.8) is 0 Å². The molecule has 0 aromatic heterocycles. The van der Waals surface area contributed by atoms with Crippen molar-refractivity contribution in [3.8, 4) is 11.1 Å². The van der Waals surface area contributed by atoms with Gasteiger partial charge in [-0.25, -0.2) is 4.79 Å². The van der Waals surface area contributed by atoms with Crippen LogP contribution in [0.3, 0.4) is 0 Å². The highest BCUT2D eigenvalue weighted by molar-refractivity contribution is 5.86. The van der Waals surface area contributed by atoms with Crippen molar-refractivity contribution in [2.24, 2.45) is 11.5 Å². The molecule has 0 radical (unpaired) electrons. The summed E-state index contributed by atoms with van der Waals surface area (Å²) in [6, 6.07) is 23.0. The lowest BCUT2D eigenvalue weighted by atomic mass is 9.83. The second-order valence-corrected chi connectivity index (χ2v) is 9.31. The zero-order valence-corrected chi connectivity index (χ0v) is 19.4. The highest BCUT2D eigenvalue weighted by Crippen LogP contribution is 2.44. The number of benzene rings is 3. The van der Waals surface area contributed by atoms with Gasteiger partial charge in [-0.15, -0.1) is 0 Å². The van der Waals surface area contributed by atoms with Crippen molar-refractivity contribution in [1.82, 2.24) is 0 Å². The molecule has 5 N–H and O–H groups in total. The molecule has 3 aromatic rings. The predicted molar refractivity (Wildman–Crippen MR) is 134 cm³/mol. The summed E-state index contributed by atoms with van der Waals surface area (Å²) in [5.74, 6) is -1.67. The van der Waals surface area contributed by atoms with Crippen LogP contribution >= 0.6 is 0 Å². The minimum Gasteiger partial charge on any atom is -0.480 e. The lowest BCUT2D eigenvalue weighted by molar-refractivity contribution is -0.149. The van der Waals surface area contributed by atoms with E-state index < -0.39 is 23.5 Å². The molecule has 1 fully saturated rings. The predicted octanol–water partition coefficient (Wildman–Crippen LogP) is 3.25. The van der Waals surface area contributed by atoms with Gasteiger partial charge in [-0.2, -0.15) is 0 Å². The molecule has 2 unspecified atom stereocenters. The number of fused-ring (bicyclic) bond motifs is 3. The molecule has 0 bridgehead atoms. The number of carboxylic acid groups (broad SMARTS) is 1. The molecule has 1 aliphatic heterocycles.